The molecule has 1 rings (SSSR count). The summed E-state index contributed by atoms with van der Waals surface area (Å²) in [5.41, 5.74) is 0. The van der Waals surface area contributed by atoms with E-state index in [1.54, 1.807) is 0 Å². The number of halogens is 1. The van der Waals surface area contributed by atoms with Crippen LogP contribution in [0.2, 0.25) is 0 Å². The molecule has 0 atom stereocenters. The summed E-state index contributed by atoms with van der Waals surface area (Å²) in [6.45, 7) is 0. The van der Waals surface area contributed by atoms with Crippen molar-refractivity contribution in [1.82, 2.24) is 0 Å². The van der Waals surface area contributed by atoms with E-state index in [0.717, 1.165) is 12.8 Å². The van der Waals surface area contributed by atoms with E-state index in [-0.39, 0.29) is 6.10 Å². The van der Waals surface area contributed by atoms with Crippen molar-refractivity contribution in [1.29, 1.82) is 0 Å². The lowest BCUT2D eigenvalue weighted by molar-refractivity contribution is 0.130. The normalized spacial score (nSPS) is 20.3. The van der Waals surface area contributed by atoms with Crippen LogP contribution in [0.3, 0.4) is 0 Å². The van der Waals surface area contributed by atoms with Gasteiger partial charge >= 0.3 is 29.7 Å². The predicted octanol–water partition coefficient (Wildman–Crippen LogP) is 1.62. The zero-order chi connectivity index (χ0) is 7.11. The molecular weight excluding hydrogens is 148 g/mol. The second-order valence-corrected chi connectivity index (χ2v) is 2.29. The first kappa shape index (κ1) is 10.0. The molecule has 0 aromatic rings. The average molecular weight is 160 g/mol. The van der Waals surface area contributed by atoms with Gasteiger partial charge in [-0.2, -0.15) is 0 Å². The Balaban J connectivity index is 0.000000291. The van der Waals surface area contributed by atoms with Crippen molar-refractivity contribution in [2.24, 2.45) is 0 Å². The number of aliphatic hydroxyl groups excluding tert-OH is 1. The summed E-state index contributed by atoms with van der Waals surface area (Å²) in [7, 11) is 4.67. The molecule has 1 aliphatic rings. The monoisotopic (exact) mass is 159 g/mol. The molecule has 1 saturated carbocycles. The van der Waals surface area contributed by atoms with E-state index in [4.69, 9.17) is 5.11 Å². The van der Waals surface area contributed by atoms with E-state index in [1.165, 1.54) is 39.9 Å². The van der Waals surface area contributed by atoms with Crippen molar-refractivity contribution in [3.63, 3.8) is 0 Å². The number of aliphatic hydroxyl groups is 1. The first-order chi connectivity index (χ1) is 4.39. The van der Waals surface area contributed by atoms with Gasteiger partial charge in [-0.05, 0) is 12.8 Å². The molecule has 0 aliphatic heterocycles. The zero-order valence-corrected chi connectivity index (χ0v) is 7.82. The van der Waals surface area contributed by atoms with Crippen LogP contribution in [0.1, 0.15) is 32.1 Å². The molecule has 0 aromatic heterocycles. The van der Waals surface area contributed by atoms with Gasteiger partial charge in [0.2, 0.25) is 0 Å². The molecule has 3 heteroatoms. The topological polar surface area (TPSA) is 20.2 Å². The molecule has 7 radical (unpaired) electrons. The zero-order valence-electron chi connectivity index (χ0n) is 5.65. The van der Waals surface area contributed by atoms with Crippen molar-refractivity contribution in [2.45, 2.75) is 38.2 Å². The Morgan fingerprint density at radius 1 is 1.11 bits per heavy atom. The standard InChI is InChI=1S/C6H12O.ClH.Mg/c7-6-4-2-1-3-5-6;;/h6-7H,1-5H2;1H;/q;;+3/p-1. The van der Waals surface area contributed by atoms with Crippen LogP contribution < -0.4 is 0 Å². The maximum absolute atomic E-state index is 8.91. The quantitative estimate of drug-likeness (QED) is 0.533. The van der Waals surface area contributed by atoms with E-state index >= 15 is 0 Å². The van der Waals surface area contributed by atoms with Gasteiger partial charge in [0.15, 0.2) is 0 Å². The summed E-state index contributed by atoms with van der Waals surface area (Å²) < 4.78 is 0. The molecule has 49 valence electrons. The highest BCUT2D eigenvalue weighted by atomic mass is 35.5. The maximum atomic E-state index is 8.91. The second-order valence-electron chi connectivity index (χ2n) is 2.29. The summed E-state index contributed by atoms with van der Waals surface area (Å²) in [5, 5.41) is 8.91. The first-order valence-corrected chi connectivity index (χ1v) is 5.48. The molecular formula is C6H12ClMgO+2. The van der Waals surface area contributed by atoms with Crippen molar-refractivity contribution in [3.05, 3.63) is 0 Å². The Hall–Kier alpha value is 1.02. The van der Waals surface area contributed by atoms with Gasteiger partial charge in [-0.15, -0.1) is 0 Å². The van der Waals surface area contributed by atoms with Gasteiger partial charge in [-0.25, -0.2) is 0 Å². The molecule has 9 heavy (non-hydrogen) atoms. The smallest absolute Gasteiger partial charge is 0.393 e. The van der Waals surface area contributed by atoms with Gasteiger partial charge < -0.3 is 5.11 Å². The van der Waals surface area contributed by atoms with E-state index in [1.807, 2.05) is 0 Å². The van der Waals surface area contributed by atoms with E-state index in [0.29, 0.717) is 0 Å². The number of hydrogen-bond donors (Lipinski definition) is 1. The van der Waals surface area contributed by atoms with Crippen LogP contribution in [0, 0.1) is 0 Å². The second kappa shape index (κ2) is 7.13. The number of hydrogen-bond acceptors (Lipinski definition) is 1. The van der Waals surface area contributed by atoms with Crippen LogP contribution in [-0.4, -0.2) is 31.8 Å². The fourth-order valence-corrected chi connectivity index (χ4v) is 1.08. The third-order valence-electron chi connectivity index (χ3n) is 1.57. The summed E-state index contributed by atoms with van der Waals surface area (Å²) in [4.78, 5) is 0. The molecule has 0 heterocycles. The molecule has 0 saturated heterocycles. The minimum absolute atomic E-state index is 0.0359. The van der Waals surface area contributed by atoms with Crippen molar-refractivity contribution in [2.75, 3.05) is 0 Å². The van der Waals surface area contributed by atoms with Gasteiger partial charge in [0.25, 0.3) is 0 Å². The van der Waals surface area contributed by atoms with E-state index < -0.39 is 0 Å². The molecule has 1 N–H and O–H groups in total. The van der Waals surface area contributed by atoms with Crippen LogP contribution in [0.5, 0.6) is 0 Å². The Kier molecular flexibility index (Phi) is 7.93. The molecule has 0 bridgehead atoms. The molecule has 0 spiro atoms. The van der Waals surface area contributed by atoms with Crippen LogP contribution in [0.25, 0.3) is 0 Å². The lowest BCUT2D eigenvalue weighted by atomic mass is 9.98. The largest absolute Gasteiger partial charge is 1.59 e. The van der Waals surface area contributed by atoms with Gasteiger partial charge in [0.1, 0.15) is 0 Å². The van der Waals surface area contributed by atoms with E-state index in [9.17, 15) is 0 Å². The van der Waals surface area contributed by atoms with Crippen molar-refractivity contribution < 1.29 is 5.11 Å². The lowest BCUT2D eigenvalue weighted by Crippen LogP contribution is -2.09. The third kappa shape index (κ3) is 5.46. The molecule has 0 aromatic carbocycles. The first-order valence-electron chi connectivity index (χ1n) is 3.34. The fourth-order valence-electron chi connectivity index (χ4n) is 1.08. The maximum Gasteiger partial charge on any atom is 1.59 e. The van der Waals surface area contributed by atoms with Crippen LogP contribution in [0.4, 0.5) is 0 Å². The highest BCUT2D eigenvalue weighted by molar-refractivity contribution is 6.80. The Morgan fingerprint density at radius 3 is 1.78 bits per heavy atom. The van der Waals surface area contributed by atoms with Gasteiger partial charge in [-0.3, -0.25) is 0 Å². The van der Waals surface area contributed by atoms with Gasteiger partial charge in [0, 0.05) is 0 Å². The van der Waals surface area contributed by atoms with Crippen LogP contribution in [0.15, 0.2) is 0 Å². The van der Waals surface area contributed by atoms with Gasteiger partial charge in [0.05, 0.1) is 6.10 Å². The SMILES string of the molecule is OC1CCCCC1.[Mg+2][Cl]. The van der Waals surface area contributed by atoms with Crippen molar-refractivity contribution >= 4 is 29.7 Å². The summed E-state index contributed by atoms with van der Waals surface area (Å²) in [5.74, 6) is 0. The Labute approximate surface area is 73.0 Å². The predicted molar refractivity (Wildman–Crippen MR) is 40.7 cm³/mol. The summed E-state index contributed by atoms with van der Waals surface area (Å²) in [6, 6.07) is 0. The van der Waals surface area contributed by atoms with Crippen LogP contribution in [-0.2, 0) is 0 Å². The average Bonchev–Trinajstić information content (AvgIpc) is 1.94. The Morgan fingerprint density at radius 2 is 1.56 bits per heavy atom. The molecule has 1 nitrogen and oxygen atoms in total. The number of rotatable bonds is 0. The van der Waals surface area contributed by atoms with Gasteiger partial charge in [-0.1, -0.05) is 19.3 Å². The molecule has 0 amide bonds. The van der Waals surface area contributed by atoms with Crippen molar-refractivity contribution in [3.8, 4) is 0 Å². The highest BCUT2D eigenvalue weighted by Gasteiger charge is 2.16. The Bertz CT molecular complexity index is 55.0. The molecule has 1 fully saturated rings. The molecule has 0 unspecified atom stereocenters. The fraction of sp³-hybridized carbons (Fsp3) is 1.00. The third-order valence-corrected chi connectivity index (χ3v) is 1.57. The molecule has 1 aliphatic carbocycles. The lowest BCUT2D eigenvalue weighted by Gasteiger charge is -2.14. The minimum atomic E-state index is 0.0359. The summed E-state index contributed by atoms with van der Waals surface area (Å²) >= 11 is 1.33. The minimum Gasteiger partial charge on any atom is -0.393 e. The summed E-state index contributed by atoms with van der Waals surface area (Å²) in [6.07, 6.45) is 5.92. The van der Waals surface area contributed by atoms with Crippen LogP contribution >= 0.6 is 9.07 Å². The van der Waals surface area contributed by atoms with E-state index in [2.05, 4.69) is 9.07 Å². The highest BCUT2D eigenvalue weighted by Crippen LogP contribution is 2.16.